The quantitative estimate of drug-likeness (QED) is 0.832. The summed E-state index contributed by atoms with van der Waals surface area (Å²) >= 11 is 0. The standard InChI is InChI=1S/C16H15NO2/c1-2-10-17(12-16(18)19)11-14-8-5-7-13-6-3-4-9-15(13)14/h1,3-9H,10-12H2,(H,18,19). The van der Waals surface area contributed by atoms with Gasteiger partial charge in [-0.25, -0.2) is 0 Å². The zero-order valence-electron chi connectivity index (χ0n) is 10.5. The smallest absolute Gasteiger partial charge is 0.317 e. The summed E-state index contributed by atoms with van der Waals surface area (Å²) in [4.78, 5) is 12.6. The van der Waals surface area contributed by atoms with Crippen molar-refractivity contribution in [3.05, 3.63) is 48.0 Å². The largest absolute Gasteiger partial charge is 0.480 e. The number of hydrogen-bond acceptors (Lipinski definition) is 2. The first kappa shape index (κ1) is 13.1. The summed E-state index contributed by atoms with van der Waals surface area (Å²) in [5.41, 5.74) is 1.09. The predicted octanol–water partition coefficient (Wildman–Crippen LogP) is 2.36. The van der Waals surface area contributed by atoms with Gasteiger partial charge in [-0.05, 0) is 16.3 Å². The zero-order valence-corrected chi connectivity index (χ0v) is 10.5. The summed E-state index contributed by atoms with van der Waals surface area (Å²) < 4.78 is 0. The summed E-state index contributed by atoms with van der Waals surface area (Å²) in [7, 11) is 0. The monoisotopic (exact) mass is 253 g/mol. The SMILES string of the molecule is C#CCN(CC(=O)O)Cc1cccc2ccccc12. The van der Waals surface area contributed by atoms with Gasteiger partial charge in [0.1, 0.15) is 0 Å². The highest BCUT2D eigenvalue weighted by Gasteiger charge is 2.10. The van der Waals surface area contributed by atoms with Crippen molar-refractivity contribution < 1.29 is 9.90 Å². The molecule has 1 N–H and O–H groups in total. The van der Waals surface area contributed by atoms with Crippen LogP contribution in [-0.4, -0.2) is 29.1 Å². The van der Waals surface area contributed by atoms with Crippen molar-refractivity contribution in [3.63, 3.8) is 0 Å². The Bertz CT molecular complexity index is 623. The second-order valence-electron chi connectivity index (χ2n) is 4.38. The molecule has 0 amide bonds. The molecule has 0 saturated carbocycles. The van der Waals surface area contributed by atoms with E-state index < -0.39 is 5.97 Å². The minimum atomic E-state index is -0.865. The number of carboxylic acid groups (broad SMARTS) is 1. The maximum atomic E-state index is 10.8. The highest BCUT2D eigenvalue weighted by atomic mass is 16.4. The summed E-state index contributed by atoms with van der Waals surface area (Å²) in [6.07, 6.45) is 5.29. The number of terminal acetylenes is 1. The fourth-order valence-corrected chi connectivity index (χ4v) is 2.16. The molecule has 2 aromatic rings. The van der Waals surface area contributed by atoms with Crippen molar-refractivity contribution in [1.82, 2.24) is 4.90 Å². The molecule has 0 heterocycles. The predicted molar refractivity (Wildman–Crippen MR) is 75.7 cm³/mol. The van der Waals surface area contributed by atoms with Crippen molar-refractivity contribution in [2.24, 2.45) is 0 Å². The molecule has 0 unspecified atom stereocenters. The van der Waals surface area contributed by atoms with Crippen molar-refractivity contribution in [2.45, 2.75) is 6.54 Å². The first-order valence-corrected chi connectivity index (χ1v) is 6.05. The van der Waals surface area contributed by atoms with E-state index in [1.807, 2.05) is 42.5 Å². The molecule has 0 radical (unpaired) electrons. The number of fused-ring (bicyclic) bond motifs is 1. The Morgan fingerprint density at radius 1 is 1.21 bits per heavy atom. The molecule has 0 aliphatic rings. The molecule has 0 spiro atoms. The maximum absolute atomic E-state index is 10.8. The lowest BCUT2D eigenvalue weighted by atomic mass is 10.0. The fraction of sp³-hybridized carbons (Fsp3) is 0.188. The topological polar surface area (TPSA) is 40.5 Å². The number of carboxylic acids is 1. The molecule has 3 nitrogen and oxygen atoms in total. The maximum Gasteiger partial charge on any atom is 0.317 e. The Kier molecular flexibility index (Phi) is 4.17. The number of hydrogen-bond donors (Lipinski definition) is 1. The Labute approximate surface area is 112 Å². The van der Waals surface area contributed by atoms with E-state index in [1.54, 1.807) is 4.90 Å². The molecule has 19 heavy (non-hydrogen) atoms. The van der Waals surface area contributed by atoms with Gasteiger partial charge in [-0.1, -0.05) is 48.4 Å². The van der Waals surface area contributed by atoms with Crippen LogP contribution in [0.4, 0.5) is 0 Å². The second kappa shape index (κ2) is 6.03. The average molecular weight is 253 g/mol. The Morgan fingerprint density at radius 3 is 2.68 bits per heavy atom. The van der Waals surface area contributed by atoms with E-state index in [9.17, 15) is 4.79 Å². The Morgan fingerprint density at radius 2 is 1.95 bits per heavy atom. The molecule has 0 aliphatic heterocycles. The molecular formula is C16H15NO2. The molecule has 0 atom stereocenters. The summed E-state index contributed by atoms with van der Waals surface area (Å²) in [5.74, 6) is 1.64. The number of benzene rings is 2. The Balaban J connectivity index is 2.28. The van der Waals surface area contributed by atoms with Crippen LogP contribution in [-0.2, 0) is 11.3 Å². The van der Waals surface area contributed by atoms with Crippen molar-refractivity contribution in [3.8, 4) is 12.3 Å². The van der Waals surface area contributed by atoms with Crippen molar-refractivity contribution in [2.75, 3.05) is 13.1 Å². The molecule has 0 bridgehead atoms. The number of carbonyl (C=O) groups is 1. The normalized spacial score (nSPS) is 10.5. The molecule has 0 aliphatic carbocycles. The molecule has 2 aromatic carbocycles. The van der Waals surface area contributed by atoms with E-state index >= 15 is 0 Å². The van der Waals surface area contributed by atoms with Crippen molar-refractivity contribution >= 4 is 16.7 Å². The molecule has 0 saturated heterocycles. The summed E-state index contributed by atoms with van der Waals surface area (Å²) in [6.45, 7) is 0.820. The lowest BCUT2D eigenvalue weighted by Crippen LogP contribution is -2.29. The van der Waals surface area contributed by atoms with Gasteiger partial charge in [-0.2, -0.15) is 0 Å². The van der Waals surface area contributed by atoms with E-state index in [4.69, 9.17) is 11.5 Å². The number of rotatable bonds is 5. The lowest BCUT2D eigenvalue weighted by Gasteiger charge is -2.18. The van der Waals surface area contributed by atoms with E-state index in [0.29, 0.717) is 13.1 Å². The molecule has 0 aromatic heterocycles. The second-order valence-corrected chi connectivity index (χ2v) is 4.38. The van der Waals surface area contributed by atoms with Crippen LogP contribution in [0.3, 0.4) is 0 Å². The first-order valence-electron chi connectivity index (χ1n) is 6.05. The minimum Gasteiger partial charge on any atom is -0.480 e. The van der Waals surface area contributed by atoms with Crippen LogP contribution in [0.2, 0.25) is 0 Å². The highest BCUT2D eigenvalue weighted by Crippen LogP contribution is 2.19. The van der Waals surface area contributed by atoms with E-state index in [0.717, 1.165) is 16.3 Å². The third kappa shape index (κ3) is 3.34. The Hall–Kier alpha value is -2.31. The first-order chi connectivity index (χ1) is 9.20. The van der Waals surface area contributed by atoms with Crippen LogP contribution < -0.4 is 0 Å². The van der Waals surface area contributed by atoms with Gasteiger partial charge in [0.2, 0.25) is 0 Å². The van der Waals surface area contributed by atoms with Gasteiger partial charge >= 0.3 is 5.97 Å². The van der Waals surface area contributed by atoms with Gasteiger partial charge in [0.05, 0.1) is 13.1 Å². The molecule has 2 rings (SSSR count). The van der Waals surface area contributed by atoms with E-state index in [2.05, 4.69) is 5.92 Å². The third-order valence-electron chi connectivity index (χ3n) is 2.95. The van der Waals surface area contributed by atoms with Gasteiger partial charge in [-0.3, -0.25) is 9.69 Å². The van der Waals surface area contributed by atoms with Crippen LogP contribution in [0.5, 0.6) is 0 Å². The van der Waals surface area contributed by atoms with E-state index in [1.165, 1.54) is 0 Å². The van der Waals surface area contributed by atoms with Crippen LogP contribution in [0.1, 0.15) is 5.56 Å². The van der Waals surface area contributed by atoms with Crippen LogP contribution in [0, 0.1) is 12.3 Å². The molecular weight excluding hydrogens is 238 g/mol. The highest BCUT2D eigenvalue weighted by molar-refractivity contribution is 5.85. The number of nitrogens with zero attached hydrogens (tertiary/aromatic N) is 1. The average Bonchev–Trinajstić information content (AvgIpc) is 2.39. The van der Waals surface area contributed by atoms with Gasteiger partial charge in [-0.15, -0.1) is 6.42 Å². The van der Waals surface area contributed by atoms with Gasteiger partial charge < -0.3 is 5.11 Å². The van der Waals surface area contributed by atoms with Crippen molar-refractivity contribution in [1.29, 1.82) is 0 Å². The molecule has 0 fully saturated rings. The van der Waals surface area contributed by atoms with Gasteiger partial charge in [0.15, 0.2) is 0 Å². The lowest BCUT2D eigenvalue weighted by molar-refractivity contribution is -0.138. The molecule has 96 valence electrons. The minimum absolute atomic E-state index is 0.0482. The van der Waals surface area contributed by atoms with Gasteiger partial charge in [0, 0.05) is 6.54 Å². The fourth-order valence-electron chi connectivity index (χ4n) is 2.16. The number of aliphatic carboxylic acids is 1. The summed E-state index contributed by atoms with van der Waals surface area (Å²) in [5, 5.41) is 11.2. The zero-order chi connectivity index (χ0) is 13.7. The van der Waals surface area contributed by atoms with Crippen LogP contribution in [0.25, 0.3) is 10.8 Å². The van der Waals surface area contributed by atoms with Crippen LogP contribution >= 0.6 is 0 Å². The summed E-state index contributed by atoms with van der Waals surface area (Å²) in [6, 6.07) is 14.1. The third-order valence-corrected chi connectivity index (χ3v) is 2.95. The van der Waals surface area contributed by atoms with E-state index in [-0.39, 0.29) is 6.54 Å². The van der Waals surface area contributed by atoms with Gasteiger partial charge in [0.25, 0.3) is 0 Å². The van der Waals surface area contributed by atoms with Crippen LogP contribution in [0.15, 0.2) is 42.5 Å². The molecule has 3 heteroatoms.